The number of thioether (sulfide) groups is 1. The highest BCUT2D eigenvalue weighted by Crippen LogP contribution is 2.34. The number of anilines is 1. The number of Topliss-reactive ketones (excluding diaryl/α,β-unsaturated/α-hetero) is 1. The molecule has 1 amide bonds. The summed E-state index contributed by atoms with van der Waals surface area (Å²) in [5.74, 6) is 0.178. The molecule has 0 saturated heterocycles. The first-order valence-electron chi connectivity index (χ1n) is 9.07. The molecule has 8 heteroatoms. The molecule has 152 valence electrons. The van der Waals surface area contributed by atoms with E-state index in [2.05, 4.69) is 5.32 Å². The van der Waals surface area contributed by atoms with Gasteiger partial charge in [0.05, 0.1) is 11.4 Å². The lowest BCUT2D eigenvalue weighted by Gasteiger charge is -2.18. The average molecular weight is 415 g/mol. The molecular formula is C21H21NO6S. The van der Waals surface area contributed by atoms with E-state index in [1.54, 1.807) is 36.4 Å². The molecule has 29 heavy (non-hydrogen) atoms. The molecule has 0 saturated carbocycles. The highest BCUT2D eigenvalue weighted by atomic mass is 32.2. The minimum Gasteiger partial charge on any atom is -0.486 e. The fraction of sp³-hybridized carbons (Fsp3) is 0.286. The number of hydrogen-bond acceptors (Lipinski definition) is 7. The summed E-state index contributed by atoms with van der Waals surface area (Å²) < 4.78 is 16.2. The molecule has 1 atom stereocenters. The number of rotatable bonds is 7. The molecule has 0 fully saturated rings. The van der Waals surface area contributed by atoms with E-state index in [1.165, 1.54) is 25.6 Å². The predicted octanol–water partition coefficient (Wildman–Crippen LogP) is 3.32. The lowest BCUT2D eigenvalue weighted by atomic mass is 10.1. The fourth-order valence-corrected chi connectivity index (χ4v) is 3.38. The van der Waals surface area contributed by atoms with Gasteiger partial charge in [-0.3, -0.25) is 14.4 Å². The number of carbonyl (C=O) groups is 3. The third-order valence-corrected chi connectivity index (χ3v) is 5.08. The molecule has 0 radical (unpaired) electrons. The summed E-state index contributed by atoms with van der Waals surface area (Å²) in [7, 11) is 0. The number of fused-ring (bicyclic) bond motifs is 1. The summed E-state index contributed by atoms with van der Waals surface area (Å²) in [4.78, 5) is 36.9. The van der Waals surface area contributed by atoms with Gasteiger partial charge in [0.25, 0.3) is 5.91 Å². The molecule has 7 nitrogen and oxygen atoms in total. The zero-order valence-electron chi connectivity index (χ0n) is 16.1. The van der Waals surface area contributed by atoms with E-state index in [-0.39, 0.29) is 11.5 Å². The van der Waals surface area contributed by atoms with Gasteiger partial charge in [-0.25, -0.2) is 0 Å². The molecule has 0 unspecified atom stereocenters. The minimum atomic E-state index is -0.997. The number of hydrogen-bond donors (Lipinski definition) is 1. The van der Waals surface area contributed by atoms with Crippen molar-refractivity contribution >= 4 is 35.1 Å². The van der Waals surface area contributed by atoms with Crippen molar-refractivity contribution < 1.29 is 28.6 Å². The number of ether oxygens (including phenoxy) is 3. The van der Waals surface area contributed by atoms with Gasteiger partial charge in [-0.1, -0.05) is 12.1 Å². The monoisotopic (exact) mass is 415 g/mol. The molecule has 1 N–H and O–H groups in total. The third-order valence-electron chi connectivity index (χ3n) is 4.11. The van der Waals surface area contributed by atoms with Gasteiger partial charge in [-0.05, 0) is 44.2 Å². The van der Waals surface area contributed by atoms with E-state index in [0.717, 1.165) is 4.90 Å². The molecule has 2 aromatic rings. The van der Waals surface area contributed by atoms with Gasteiger partial charge in [0.1, 0.15) is 13.2 Å². The van der Waals surface area contributed by atoms with Crippen LogP contribution in [0.3, 0.4) is 0 Å². The topological polar surface area (TPSA) is 90.9 Å². The average Bonchev–Trinajstić information content (AvgIpc) is 2.72. The third kappa shape index (κ3) is 5.51. The van der Waals surface area contributed by atoms with Crippen molar-refractivity contribution in [1.29, 1.82) is 0 Å². The SMILES string of the molecule is CC(=O)c1ccccc1NC(=O)[C@@H](C)OC(=O)CSc1ccc2c(c1)OCCO2. The van der Waals surface area contributed by atoms with E-state index in [9.17, 15) is 14.4 Å². The molecule has 0 aromatic heterocycles. The number of nitrogens with one attached hydrogen (secondary N) is 1. The maximum atomic E-state index is 12.3. The number of amides is 1. The smallest absolute Gasteiger partial charge is 0.317 e. The van der Waals surface area contributed by atoms with Crippen LogP contribution in [0.1, 0.15) is 24.2 Å². The standard InChI is InChI=1S/C21H21NO6S/c1-13(23)16-5-3-4-6-17(16)22-21(25)14(2)28-20(24)12-29-15-7-8-18-19(11-15)27-10-9-26-18/h3-8,11,14H,9-10,12H2,1-2H3,(H,22,25)/t14-/m1/s1. The van der Waals surface area contributed by atoms with Crippen LogP contribution in [0, 0.1) is 0 Å². The van der Waals surface area contributed by atoms with Gasteiger partial charge >= 0.3 is 5.97 Å². The maximum absolute atomic E-state index is 12.3. The van der Waals surface area contributed by atoms with E-state index >= 15 is 0 Å². The Bertz CT molecular complexity index is 929. The molecule has 3 rings (SSSR count). The lowest BCUT2D eigenvalue weighted by Crippen LogP contribution is -2.31. The van der Waals surface area contributed by atoms with Crippen LogP contribution < -0.4 is 14.8 Å². The second kappa shape index (κ2) is 9.47. The van der Waals surface area contributed by atoms with Crippen molar-refractivity contribution in [1.82, 2.24) is 0 Å². The van der Waals surface area contributed by atoms with Crippen LogP contribution in [0.5, 0.6) is 11.5 Å². The van der Waals surface area contributed by atoms with Gasteiger partial charge in [0.2, 0.25) is 0 Å². The zero-order valence-corrected chi connectivity index (χ0v) is 16.9. The predicted molar refractivity (Wildman–Crippen MR) is 109 cm³/mol. The summed E-state index contributed by atoms with van der Waals surface area (Å²) in [6.07, 6.45) is -0.997. The van der Waals surface area contributed by atoms with Crippen molar-refractivity contribution in [2.24, 2.45) is 0 Å². The maximum Gasteiger partial charge on any atom is 0.317 e. The van der Waals surface area contributed by atoms with E-state index in [4.69, 9.17) is 14.2 Å². The van der Waals surface area contributed by atoms with E-state index in [1.807, 2.05) is 6.07 Å². The van der Waals surface area contributed by atoms with E-state index < -0.39 is 18.0 Å². The van der Waals surface area contributed by atoms with Gasteiger partial charge in [0.15, 0.2) is 23.4 Å². The first kappa shape index (κ1) is 20.7. The summed E-state index contributed by atoms with van der Waals surface area (Å²) >= 11 is 1.28. The highest BCUT2D eigenvalue weighted by molar-refractivity contribution is 8.00. The van der Waals surface area contributed by atoms with Crippen LogP contribution in [0.2, 0.25) is 0 Å². The second-order valence-electron chi connectivity index (χ2n) is 6.32. The Kier molecular flexibility index (Phi) is 6.77. The minimum absolute atomic E-state index is 0.0430. The Morgan fingerprint density at radius 3 is 2.59 bits per heavy atom. The van der Waals surface area contributed by atoms with Gasteiger partial charge in [-0.2, -0.15) is 0 Å². The number of para-hydroxylation sites is 1. The largest absolute Gasteiger partial charge is 0.486 e. The molecule has 1 heterocycles. The molecule has 0 bridgehead atoms. The molecule has 0 spiro atoms. The first-order valence-corrected chi connectivity index (χ1v) is 10.1. The van der Waals surface area contributed by atoms with Crippen molar-refractivity contribution in [3.8, 4) is 11.5 Å². The molecule has 0 aliphatic carbocycles. The number of benzene rings is 2. The number of carbonyl (C=O) groups excluding carboxylic acids is 3. The molecular weight excluding hydrogens is 394 g/mol. The normalized spacial score (nSPS) is 13.3. The van der Waals surface area contributed by atoms with Gasteiger partial charge in [0, 0.05) is 10.5 Å². The fourth-order valence-electron chi connectivity index (χ4n) is 2.67. The van der Waals surface area contributed by atoms with Crippen molar-refractivity contribution in [3.63, 3.8) is 0 Å². The lowest BCUT2D eigenvalue weighted by molar-refractivity contribution is -0.150. The quantitative estimate of drug-likeness (QED) is 0.421. The summed E-state index contributed by atoms with van der Waals surface area (Å²) in [5.41, 5.74) is 0.784. The molecule has 1 aliphatic rings. The van der Waals surface area contributed by atoms with Crippen LogP contribution in [0.4, 0.5) is 5.69 Å². The van der Waals surface area contributed by atoms with Gasteiger partial charge in [-0.15, -0.1) is 11.8 Å². The highest BCUT2D eigenvalue weighted by Gasteiger charge is 2.20. The number of ketones is 1. The molecule has 2 aromatic carbocycles. The Morgan fingerprint density at radius 2 is 1.83 bits per heavy atom. The summed E-state index contributed by atoms with van der Waals surface area (Å²) in [6, 6.07) is 12.1. The van der Waals surface area contributed by atoms with Crippen molar-refractivity contribution in [2.45, 2.75) is 24.8 Å². The number of esters is 1. The Hall–Kier alpha value is -3.00. The summed E-state index contributed by atoms with van der Waals surface area (Å²) in [5, 5.41) is 2.63. The second-order valence-corrected chi connectivity index (χ2v) is 7.37. The van der Waals surface area contributed by atoms with Crippen LogP contribution in [-0.4, -0.2) is 42.7 Å². The Morgan fingerprint density at radius 1 is 1.10 bits per heavy atom. The van der Waals surface area contributed by atoms with E-state index in [0.29, 0.717) is 36.0 Å². The van der Waals surface area contributed by atoms with Crippen LogP contribution in [0.25, 0.3) is 0 Å². The van der Waals surface area contributed by atoms with Crippen LogP contribution >= 0.6 is 11.8 Å². The molecule has 1 aliphatic heterocycles. The van der Waals surface area contributed by atoms with Crippen molar-refractivity contribution in [3.05, 3.63) is 48.0 Å². The van der Waals surface area contributed by atoms with Crippen molar-refractivity contribution in [2.75, 3.05) is 24.3 Å². The Labute approximate surface area is 172 Å². The van der Waals surface area contributed by atoms with Crippen LogP contribution in [-0.2, 0) is 14.3 Å². The summed E-state index contributed by atoms with van der Waals surface area (Å²) in [6.45, 7) is 3.91. The van der Waals surface area contributed by atoms with Crippen LogP contribution in [0.15, 0.2) is 47.4 Å². The van der Waals surface area contributed by atoms with Gasteiger partial charge < -0.3 is 19.5 Å². The zero-order chi connectivity index (χ0) is 20.8. The Balaban J connectivity index is 1.51. The first-order chi connectivity index (χ1) is 13.9.